The number of likely N-dealkylation sites (tertiary alicyclic amines) is 1. The molecule has 0 N–H and O–H groups in total. The summed E-state index contributed by atoms with van der Waals surface area (Å²) in [7, 11) is 1.83. The van der Waals surface area contributed by atoms with E-state index in [4.69, 9.17) is 4.42 Å². The zero-order chi connectivity index (χ0) is 16.2. The second kappa shape index (κ2) is 7.32. The van der Waals surface area contributed by atoms with E-state index in [2.05, 4.69) is 20.8 Å². The van der Waals surface area contributed by atoms with Crippen LogP contribution in [-0.2, 0) is 11.3 Å². The number of benzene rings is 1. The van der Waals surface area contributed by atoms with Crippen molar-refractivity contribution in [2.45, 2.75) is 19.4 Å². The summed E-state index contributed by atoms with van der Waals surface area (Å²) >= 11 is 3.43. The quantitative estimate of drug-likeness (QED) is 0.796. The van der Waals surface area contributed by atoms with Gasteiger partial charge in [0, 0.05) is 17.1 Å². The second-order valence-electron chi connectivity index (χ2n) is 6.01. The van der Waals surface area contributed by atoms with Gasteiger partial charge in [0.25, 0.3) is 0 Å². The molecule has 4 nitrogen and oxygen atoms in total. The summed E-state index contributed by atoms with van der Waals surface area (Å²) in [5.41, 5.74) is 1.03. The molecule has 0 aliphatic carbocycles. The first kappa shape index (κ1) is 16.3. The van der Waals surface area contributed by atoms with Gasteiger partial charge < -0.3 is 9.32 Å². The molecule has 1 aromatic carbocycles. The van der Waals surface area contributed by atoms with E-state index in [1.165, 1.54) is 12.8 Å². The van der Waals surface area contributed by atoms with Crippen molar-refractivity contribution in [3.8, 4) is 11.3 Å². The van der Waals surface area contributed by atoms with Gasteiger partial charge in [-0.2, -0.15) is 0 Å². The molecule has 1 aliphatic heterocycles. The lowest BCUT2D eigenvalue weighted by Crippen LogP contribution is -2.36. The van der Waals surface area contributed by atoms with Crippen LogP contribution in [0.3, 0.4) is 0 Å². The number of carbonyl (C=O) groups is 1. The van der Waals surface area contributed by atoms with E-state index in [-0.39, 0.29) is 5.91 Å². The zero-order valence-electron chi connectivity index (χ0n) is 13.3. The number of nitrogens with zero attached hydrogens (tertiary/aromatic N) is 2. The number of amides is 1. The Hall–Kier alpha value is -1.59. The lowest BCUT2D eigenvalue weighted by Gasteiger charge is -2.20. The number of furan rings is 1. The van der Waals surface area contributed by atoms with Gasteiger partial charge in [-0.05, 0) is 50.2 Å². The van der Waals surface area contributed by atoms with Crippen LogP contribution < -0.4 is 0 Å². The highest BCUT2D eigenvalue weighted by atomic mass is 79.9. The molecule has 2 aromatic rings. The molecular formula is C18H21BrN2O2. The molecule has 1 saturated heterocycles. The van der Waals surface area contributed by atoms with Crippen LogP contribution in [0.4, 0.5) is 0 Å². The Morgan fingerprint density at radius 2 is 1.87 bits per heavy atom. The predicted octanol–water partition coefficient (Wildman–Crippen LogP) is 3.76. The van der Waals surface area contributed by atoms with E-state index < -0.39 is 0 Å². The first-order valence-corrected chi connectivity index (χ1v) is 8.72. The van der Waals surface area contributed by atoms with Crippen LogP contribution in [0.5, 0.6) is 0 Å². The van der Waals surface area contributed by atoms with E-state index in [0.29, 0.717) is 13.1 Å². The zero-order valence-corrected chi connectivity index (χ0v) is 14.9. The van der Waals surface area contributed by atoms with Crippen LogP contribution in [-0.4, -0.2) is 42.4 Å². The van der Waals surface area contributed by atoms with Crippen molar-refractivity contribution in [1.82, 2.24) is 9.80 Å². The van der Waals surface area contributed by atoms with Gasteiger partial charge in [0.2, 0.25) is 5.91 Å². The van der Waals surface area contributed by atoms with Crippen molar-refractivity contribution in [2.75, 3.05) is 26.7 Å². The fourth-order valence-corrected chi connectivity index (χ4v) is 3.07. The molecule has 0 bridgehead atoms. The molecule has 3 rings (SSSR count). The average Bonchev–Trinajstić information content (AvgIpc) is 3.20. The van der Waals surface area contributed by atoms with E-state index in [9.17, 15) is 4.79 Å². The number of hydrogen-bond acceptors (Lipinski definition) is 3. The summed E-state index contributed by atoms with van der Waals surface area (Å²) in [6.07, 6.45) is 2.40. The van der Waals surface area contributed by atoms with Crippen molar-refractivity contribution < 1.29 is 9.21 Å². The third-order valence-electron chi connectivity index (χ3n) is 4.17. The molecule has 0 saturated carbocycles. The third-order valence-corrected chi connectivity index (χ3v) is 4.70. The summed E-state index contributed by atoms with van der Waals surface area (Å²) in [5, 5.41) is 0. The van der Waals surface area contributed by atoms with Gasteiger partial charge in [-0.1, -0.05) is 28.1 Å². The smallest absolute Gasteiger partial charge is 0.236 e. The SMILES string of the molecule is CN(Cc1ccc(-c2ccc(Br)cc2)o1)C(=O)CN1CCCC1. The molecule has 1 amide bonds. The third kappa shape index (κ3) is 4.24. The number of likely N-dealkylation sites (N-methyl/N-ethyl adjacent to an activating group) is 1. The average molecular weight is 377 g/mol. The maximum Gasteiger partial charge on any atom is 0.236 e. The molecule has 0 atom stereocenters. The number of halogens is 1. The van der Waals surface area contributed by atoms with Gasteiger partial charge >= 0.3 is 0 Å². The Bertz CT molecular complexity index is 660. The standard InChI is InChI=1S/C18H21BrN2O2/c1-20(18(22)13-21-10-2-3-11-21)12-16-8-9-17(23-16)14-4-6-15(19)7-5-14/h4-9H,2-3,10-13H2,1H3. The first-order chi connectivity index (χ1) is 11.1. The summed E-state index contributed by atoms with van der Waals surface area (Å²) in [6.45, 7) is 3.09. The van der Waals surface area contributed by atoms with Gasteiger partial charge in [0.05, 0.1) is 13.1 Å². The van der Waals surface area contributed by atoms with E-state index >= 15 is 0 Å². The minimum atomic E-state index is 0.147. The van der Waals surface area contributed by atoms with Crippen molar-refractivity contribution in [3.05, 3.63) is 46.6 Å². The van der Waals surface area contributed by atoms with Crippen molar-refractivity contribution >= 4 is 21.8 Å². The minimum Gasteiger partial charge on any atom is -0.459 e. The molecule has 23 heavy (non-hydrogen) atoms. The maximum atomic E-state index is 12.3. The summed E-state index contributed by atoms with van der Waals surface area (Å²) in [6, 6.07) is 11.9. The van der Waals surface area contributed by atoms with Crippen molar-refractivity contribution in [2.24, 2.45) is 0 Å². The fraction of sp³-hybridized carbons (Fsp3) is 0.389. The van der Waals surface area contributed by atoms with Crippen LogP contribution in [0.1, 0.15) is 18.6 Å². The highest BCUT2D eigenvalue weighted by Crippen LogP contribution is 2.24. The predicted molar refractivity (Wildman–Crippen MR) is 94.0 cm³/mol. The van der Waals surface area contributed by atoms with Crippen LogP contribution >= 0.6 is 15.9 Å². The maximum absolute atomic E-state index is 12.3. The van der Waals surface area contributed by atoms with Gasteiger partial charge in [-0.15, -0.1) is 0 Å². The number of rotatable bonds is 5. The normalized spacial score (nSPS) is 15.0. The van der Waals surface area contributed by atoms with Crippen LogP contribution in [0, 0.1) is 0 Å². The fourth-order valence-electron chi connectivity index (χ4n) is 2.81. The largest absolute Gasteiger partial charge is 0.459 e. The molecular weight excluding hydrogens is 356 g/mol. The van der Waals surface area contributed by atoms with Gasteiger partial charge in [0.15, 0.2) is 0 Å². The molecule has 1 fully saturated rings. The monoisotopic (exact) mass is 376 g/mol. The highest BCUT2D eigenvalue weighted by molar-refractivity contribution is 9.10. The Kier molecular flexibility index (Phi) is 5.18. The van der Waals surface area contributed by atoms with Gasteiger partial charge in [-0.3, -0.25) is 9.69 Å². The van der Waals surface area contributed by atoms with Gasteiger partial charge in [0.1, 0.15) is 11.5 Å². The first-order valence-electron chi connectivity index (χ1n) is 7.93. The van der Waals surface area contributed by atoms with Crippen molar-refractivity contribution in [1.29, 1.82) is 0 Å². The number of carbonyl (C=O) groups excluding carboxylic acids is 1. The molecule has 0 radical (unpaired) electrons. The van der Waals surface area contributed by atoms with Crippen molar-refractivity contribution in [3.63, 3.8) is 0 Å². The van der Waals surface area contributed by atoms with Crippen LogP contribution in [0.25, 0.3) is 11.3 Å². The lowest BCUT2D eigenvalue weighted by atomic mass is 10.2. The summed E-state index contributed by atoms with van der Waals surface area (Å²) in [5.74, 6) is 1.78. The summed E-state index contributed by atoms with van der Waals surface area (Å²) in [4.78, 5) is 16.2. The Balaban J connectivity index is 1.59. The molecule has 2 heterocycles. The molecule has 5 heteroatoms. The topological polar surface area (TPSA) is 36.7 Å². The molecule has 1 aliphatic rings. The minimum absolute atomic E-state index is 0.147. The lowest BCUT2D eigenvalue weighted by molar-refractivity contribution is -0.131. The molecule has 0 spiro atoms. The van der Waals surface area contributed by atoms with Gasteiger partial charge in [-0.25, -0.2) is 0 Å². The Labute approximate surface area is 145 Å². The number of hydrogen-bond donors (Lipinski definition) is 0. The molecule has 0 unspecified atom stereocenters. The Morgan fingerprint density at radius 3 is 2.57 bits per heavy atom. The van der Waals surface area contributed by atoms with E-state index in [1.54, 1.807) is 4.90 Å². The van der Waals surface area contributed by atoms with E-state index in [1.807, 2.05) is 43.4 Å². The molecule has 1 aromatic heterocycles. The molecule has 122 valence electrons. The summed E-state index contributed by atoms with van der Waals surface area (Å²) < 4.78 is 6.92. The van der Waals surface area contributed by atoms with Crippen LogP contribution in [0.15, 0.2) is 45.3 Å². The highest BCUT2D eigenvalue weighted by Gasteiger charge is 2.18. The van der Waals surface area contributed by atoms with Crippen LogP contribution in [0.2, 0.25) is 0 Å². The second-order valence-corrected chi connectivity index (χ2v) is 6.92. The van der Waals surface area contributed by atoms with E-state index in [0.717, 1.165) is 34.6 Å². The Morgan fingerprint density at radius 1 is 1.17 bits per heavy atom.